The average molecular weight is 401 g/mol. The van der Waals surface area contributed by atoms with Crippen LogP contribution in [0.3, 0.4) is 0 Å². The Morgan fingerprint density at radius 3 is 2.54 bits per heavy atom. The minimum Gasteiger partial charge on any atom is -0.340 e. The summed E-state index contributed by atoms with van der Waals surface area (Å²) in [7, 11) is 0. The zero-order valence-electron chi connectivity index (χ0n) is 16.0. The maximum atomic E-state index is 12.7. The smallest absolute Gasteiger partial charge is 0.270 e. The first-order valence-electron chi connectivity index (χ1n) is 8.74. The van der Waals surface area contributed by atoms with Gasteiger partial charge >= 0.3 is 0 Å². The van der Waals surface area contributed by atoms with Crippen molar-refractivity contribution in [2.75, 3.05) is 17.3 Å². The van der Waals surface area contributed by atoms with Crippen LogP contribution in [0.1, 0.15) is 27.9 Å². The van der Waals surface area contributed by atoms with Crippen LogP contribution in [-0.4, -0.2) is 34.8 Å². The first-order chi connectivity index (χ1) is 13.3. The van der Waals surface area contributed by atoms with Gasteiger partial charge < -0.3 is 10.6 Å². The van der Waals surface area contributed by atoms with E-state index in [0.29, 0.717) is 17.9 Å². The summed E-state index contributed by atoms with van der Waals surface area (Å²) in [5, 5.41) is 16.4. The van der Waals surface area contributed by atoms with Gasteiger partial charge in [-0.1, -0.05) is 12.1 Å². The van der Waals surface area contributed by atoms with E-state index in [4.69, 9.17) is 0 Å². The number of non-ortho nitro benzene ring substituents is 1. The third kappa shape index (κ3) is 5.82. The normalized spacial score (nSPS) is 11.5. The van der Waals surface area contributed by atoms with E-state index >= 15 is 0 Å². The SMILES string of the molecule is CSCCC(NC(=O)c1cccc([N+](=O)[O-])c1)C(=O)Nc1ccc(C)c(C)c1. The molecule has 0 heterocycles. The number of rotatable bonds is 8. The van der Waals surface area contributed by atoms with Crippen molar-refractivity contribution in [2.45, 2.75) is 26.3 Å². The highest BCUT2D eigenvalue weighted by Gasteiger charge is 2.22. The molecule has 2 aromatic carbocycles. The van der Waals surface area contributed by atoms with Gasteiger partial charge in [0.15, 0.2) is 0 Å². The summed E-state index contributed by atoms with van der Waals surface area (Å²) >= 11 is 1.57. The number of anilines is 1. The van der Waals surface area contributed by atoms with Crippen molar-refractivity contribution in [2.24, 2.45) is 0 Å². The Bertz CT molecular complexity index is 886. The summed E-state index contributed by atoms with van der Waals surface area (Å²) in [5.74, 6) is -0.165. The van der Waals surface area contributed by atoms with Crippen molar-refractivity contribution in [3.8, 4) is 0 Å². The Morgan fingerprint density at radius 2 is 1.89 bits per heavy atom. The van der Waals surface area contributed by atoms with Crippen LogP contribution in [0.15, 0.2) is 42.5 Å². The van der Waals surface area contributed by atoms with E-state index in [0.717, 1.165) is 11.1 Å². The van der Waals surface area contributed by atoms with E-state index in [1.807, 2.05) is 38.3 Å². The molecule has 2 amide bonds. The molecule has 7 nitrogen and oxygen atoms in total. The molecule has 2 rings (SSSR count). The minimum absolute atomic E-state index is 0.141. The highest BCUT2D eigenvalue weighted by molar-refractivity contribution is 7.98. The van der Waals surface area contributed by atoms with Gasteiger partial charge in [0.25, 0.3) is 11.6 Å². The van der Waals surface area contributed by atoms with Crippen LogP contribution >= 0.6 is 11.8 Å². The first kappa shape index (κ1) is 21.4. The zero-order valence-corrected chi connectivity index (χ0v) is 16.8. The van der Waals surface area contributed by atoms with Crippen LogP contribution < -0.4 is 10.6 Å². The fourth-order valence-electron chi connectivity index (χ4n) is 2.56. The number of carbonyl (C=O) groups is 2. The Balaban J connectivity index is 2.14. The number of hydrogen-bond acceptors (Lipinski definition) is 5. The number of nitrogens with one attached hydrogen (secondary N) is 2. The fourth-order valence-corrected chi connectivity index (χ4v) is 3.03. The van der Waals surface area contributed by atoms with Crippen LogP contribution in [0, 0.1) is 24.0 Å². The molecule has 0 fully saturated rings. The molecule has 0 saturated carbocycles. The molecule has 0 aliphatic carbocycles. The highest BCUT2D eigenvalue weighted by Crippen LogP contribution is 2.16. The van der Waals surface area contributed by atoms with Crippen LogP contribution in [0.4, 0.5) is 11.4 Å². The van der Waals surface area contributed by atoms with Gasteiger partial charge in [0.1, 0.15) is 6.04 Å². The lowest BCUT2D eigenvalue weighted by molar-refractivity contribution is -0.384. The Morgan fingerprint density at radius 1 is 1.14 bits per heavy atom. The van der Waals surface area contributed by atoms with Crippen molar-refractivity contribution in [3.05, 3.63) is 69.3 Å². The molecule has 0 saturated heterocycles. The molecule has 0 aliphatic heterocycles. The van der Waals surface area contributed by atoms with E-state index in [2.05, 4.69) is 10.6 Å². The summed E-state index contributed by atoms with van der Waals surface area (Å²) < 4.78 is 0. The van der Waals surface area contributed by atoms with E-state index in [9.17, 15) is 19.7 Å². The number of nitro groups is 1. The summed E-state index contributed by atoms with van der Waals surface area (Å²) in [6.07, 6.45) is 2.36. The van der Waals surface area contributed by atoms with Gasteiger partial charge in [-0.3, -0.25) is 19.7 Å². The van der Waals surface area contributed by atoms with Crippen molar-refractivity contribution in [3.63, 3.8) is 0 Å². The third-order valence-corrected chi connectivity index (χ3v) is 4.97. The molecule has 0 spiro atoms. The predicted molar refractivity (Wildman–Crippen MR) is 112 cm³/mol. The van der Waals surface area contributed by atoms with Crippen molar-refractivity contribution >= 4 is 35.0 Å². The molecule has 0 bridgehead atoms. The van der Waals surface area contributed by atoms with Crippen molar-refractivity contribution < 1.29 is 14.5 Å². The van der Waals surface area contributed by atoms with Gasteiger partial charge in [0.05, 0.1) is 4.92 Å². The van der Waals surface area contributed by atoms with E-state index in [1.54, 1.807) is 11.8 Å². The standard InChI is InChI=1S/C20H23N3O4S/c1-13-7-8-16(11-14(13)2)21-20(25)18(9-10-28-3)22-19(24)15-5-4-6-17(12-15)23(26)27/h4-8,11-12,18H,9-10H2,1-3H3,(H,21,25)(H,22,24). The number of carbonyl (C=O) groups excluding carboxylic acids is 2. The Labute approximate surface area is 168 Å². The average Bonchev–Trinajstić information content (AvgIpc) is 2.67. The summed E-state index contributed by atoms with van der Waals surface area (Å²) in [5.41, 5.74) is 2.80. The van der Waals surface area contributed by atoms with Crippen LogP contribution in [0.2, 0.25) is 0 Å². The van der Waals surface area contributed by atoms with Gasteiger partial charge in [-0.25, -0.2) is 0 Å². The number of thioether (sulfide) groups is 1. The van der Waals surface area contributed by atoms with Crippen LogP contribution in [0.5, 0.6) is 0 Å². The van der Waals surface area contributed by atoms with Gasteiger partial charge in [-0.2, -0.15) is 11.8 Å². The second kappa shape index (κ2) is 9.89. The molecule has 0 aliphatic rings. The lowest BCUT2D eigenvalue weighted by Gasteiger charge is -2.18. The molecule has 0 aromatic heterocycles. The number of nitrogens with zero attached hydrogens (tertiary/aromatic N) is 1. The van der Waals surface area contributed by atoms with Gasteiger partial charge in [0, 0.05) is 23.4 Å². The summed E-state index contributed by atoms with van der Waals surface area (Å²) in [6, 6.07) is 10.3. The first-order valence-corrected chi connectivity index (χ1v) is 10.1. The lowest BCUT2D eigenvalue weighted by Crippen LogP contribution is -2.44. The number of nitro benzene ring substituents is 1. The molecule has 2 N–H and O–H groups in total. The molecule has 1 unspecified atom stereocenters. The zero-order chi connectivity index (χ0) is 20.7. The summed E-state index contributed by atoms with van der Waals surface area (Å²) in [4.78, 5) is 35.6. The minimum atomic E-state index is -0.749. The largest absolute Gasteiger partial charge is 0.340 e. The van der Waals surface area contributed by atoms with E-state index in [1.165, 1.54) is 24.3 Å². The van der Waals surface area contributed by atoms with Gasteiger partial charge in [0.2, 0.25) is 5.91 Å². The highest BCUT2D eigenvalue weighted by atomic mass is 32.2. The van der Waals surface area contributed by atoms with Crippen LogP contribution in [0.25, 0.3) is 0 Å². The predicted octanol–water partition coefficient (Wildman–Crippen LogP) is 3.70. The Hall–Kier alpha value is -2.87. The monoisotopic (exact) mass is 401 g/mol. The van der Waals surface area contributed by atoms with Crippen LogP contribution in [-0.2, 0) is 4.79 Å². The number of hydrogen-bond donors (Lipinski definition) is 2. The molecule has 148 valence electrons. The molecular weight excluding hydrogens is 378 g/mol. The van der Waals surface area contributed by atoms with E-state index in [-0.39, 0.29) is 17.2 Å². The third-order valence-electron chi connectivity index (χ3n) is 4.33. The molecule has 2 aromatic rings. The topological polar surface area (TPSA) is 101 Å². The fraction of sp³-hybridized carbons (Fsp3) is 0.300. The van der Waals surface area contributed by atoms with Crippen molar-refractivity contribution in [1.82, 2.24) is 5.32 Å². The van der Waals surface area contributed by atoms with E-state index < -0.39 is 16.9 Å². The molecule has 0 radical (unpaired) electrons. The second-order valence-corrected chi connectivity index (χ2v) is 7.39. The molecule has 28 heavy (non-hydrogen) atoms. The van der Waals surface area contributed by atoms with Gasteiger partial charge in [-0.05, 0) is 61.6 Å². The second-order valence-electron chi connectivity index (χ2n) is 6.40. The number of benzene rings is 2. The molecule has 8 heteroatoms. The molecular formula is C20H23N3O4S. The molecule has 1 atom stereocenters. The summed E-state index contributed by atoms with van der Waals surface area (Å²) in [6.45, 7) is 3.95. The maximum Gasteiger partial charge on any atom is 0.270 e. The lowest BCUT2D eigenvalue weighted by atomic mass is 10.1. The Kier molecular flexibility index (Phi) is 7.57. The number of aryl methyl sites for hydroxylation is 2. The quantitative estimate of drug-likeness (QED) is 0.519. The van der Waals surface area contributed by atoms with Gasteiger partial charge in [-0.15, -0.1) is 0 Å². The van der Waals surface area contributed by atoms with Crippen molar-refractivity contribution in [1.29, 1.82) is 0 Å². The number of amides is 2. The maximum absolute atomic E-state index is 12.7.